The van der Waals surface area contributed by atoms with Gasteiger partial charge in [0.2, 0.25) is 0 Å². The van der Waals surface area contributed by atoms with Gasteiger partial charge in [0.05, 0.1) is 17.9 Å². The average molecular weight is 234 g/mol. The van der Waals surface area contributed by atoms with Crippen molar-refractivity contribution in [1.82, 2.24) is 0 Å². The molecule has 0 rings (SSSR count). The van der Waals surface area contributed by atoms with Crippen LogP contribution in [0.1, 0.15) is 13.3 Å². The van der Waals surface area contributed by atoms with Crippen molar-refractivity contribution in [2.75, 3.05) is 7.11 Å². The normalized spacial score (nSPS) is 18.1. The van der Waals surface area contributed by atoms with E-state index in [1.54, 1.807) is 0 Å². The lowest BCUT2D eigenvalue weighted by Crippen LogP contribution is -2.32. The zero-order valence-corrected chi connectivity index (χ0v) is 9.16. The molecule has 72 valence electrons. The molecule has 0 aliphatic rings. The molecule has 0 fully saturated rings. The van der Waals surface area contributed by atoms with Crippen LogP contribution in [0.5, 0.6) is 0 Å². The first kappa shape index (κ1) is 12.3. The highest BCUT2D eigenvalue weighted by Gasteiger charge is 2.30. The van der Waals surface area contributed by atoms with Crippen molar-refractivity contribution in [3.8, 4) is 0 Å². The Morgan fingerprint density at radius 2 is 1.92 bits per heavy atom. The van der Waals surface area contributed by atoms with Crippen LogP contribution in [0.15, 0.2) is 0 Å². The summed E-state index contributed by atoms with van der Waals surface area (Å²) in [5, 5.41) is -1.78. The second-order valence-corrected chi connectivity index (χ2v) is 3.83. The average Bonchev–Trinajstić information content (AvgIpc) is 2.12. The lowest BCUT2D eigenvalue weighted by Gasteiger charge is -2.17. The topological polar surface area (TPSA) is 26.3 Å². The van der Waals surface area contributed by atoms with Gasteiger partial charge in [0, 0.05) is 0 Å². The summed E-state index contributed by atoms with van der Waals surface area (Å²) >= 11 is 17.2. The summed E-state index contributed by atoms with van der Waals surface area (Å²) in [7, 11) is 1.26. The van der Waals surface area contributed by atoms with Crippen LogP contribution in [0.4, 0.5) is 0 Å². The third kappa shape index (κ3) is 3.38. The maximum atomic E-state index is 10.9. The van der Waals surface area contributed by atoms with Crippen molar-refractivity contribution in [3.05, 3.63) is 0 Å². The van der Waals surface area contributed by atoms with Crippen LogP contribution in [0.25, 0.3) is 0 Å². The van der Waals surface area contributed by atoms with Gasteiger partial charge in [-0.1, -0.05) is 6.92 Å². The Kier molecular flexibility index (Phi) is 6.06. The van der Waals surface area contributed by atoms with Crippen molar-refractivity contribution in [1.29, 1.82) is 0 Å². The van der Waals surface area contributed by atoms with Crippen molar-refractivity contribution in [2.24, 2.45) is 0 Å². The molecule has 2 nitrogen and oxygen atoms in total. The largest absolute Gasteiger partial charge is 0.468 e. The highest BCUT2D eigenvalue weighted by Crippen LogP contribution is 2.21. The van der Waals surface area contributed by atoms with Crippen LogP contribution in [-0.2, 0) is 9.53 Å². The van der Waals surface area contributed by atoms with Gasteiger partial charge in [-0.3, -0.25) is 4.79 Å². The van der Waals surface area contributed by atoms with Crippen LogP contribution in [-0.4, -0.2) is 29.2 Å². The molecule has 0 aliphatic heterocycles. The number of rotatable bonds is 4. The zero-order valence-electron chi connectivity index (χ0n) is 6.89. The summed E-state index contributed by atoms with van der Waals surface area (Å²) in [4.78, 5) is 10.9. The molecule has 0 aromatic rings. The van der Waals surface area contributed by atoms with Gasteiger partial charge in [0.15, 0.2) is 0 Å². The summed E-state index contributed by atoms with van der Waals surface area (Å²) in [6, 6.07) is 0. The van der Waals surface area contributed by atoms with Crippen molar-refractivity contribution < 1.29 is 9.53 Å². The molecule has 0 saturated heterocycles. The third-order valence-corrected chi connectivity index (χ3v) is 3.29. The minimum absolute atomic E-state index is 0.312. The SMILES string of the molecule is CCC(Cl)C(Cl)C(Cl)C(=O)OC. The van der Waals surface area contributed by atoms with Crippen molar-refractivity contribution >= 4 is 40.8 Å². The molecule has 0 aliphatic carbocycles. The molecule has 0 radical (unpaired) electrons. The molecule has 0 spiro atoms. The maximum absolute atomic E-state index is 10.9. The van der Waals surface area contributed by atoms with Crippen LogP contribution >= 0.6 is 34.8 Å². The molecule has 0 heterocycles. The minimum Gasteiger partial charge on any atom is -0.468 e. The quantitative estimate of drug-likeness (QED) is 0.550. The van der Waals surface area contributed by atoms with E-state index in [1.165, 1.54) is 7.11 Å². The van der Waals surface area contributed by atoms with E-state index in [9.17, 15) is 4.79 Å². The molecule has 0 aromatic heterocycles. The summed E-state index contributed by atoms with van der Waals surface area (Å²) in [5.41, 5.74) is 0. The van der Waals surface area contributed by atoms with Gasteiger partial charge in [-0.05, 0) is 6.42 Å². The maximum Gasteiger partial charge on any atom is 0.325 e. The van der Waals surface area contributed by atoms with Crippen LogP contribution < -0.4 is 0 Å². The van der Waals surface area contributed by atoms with Gasteiger partial charge in [0.25, 0.3) is 0 Å². The number of carbonyl (C=O) groups excluding carboxylic acids is 1. The number of hydrogen-bond acceptors (Lipinski definition) is 2. The van der Waals surface area contributed by atoms with E-state index >= 15 is 0 Å². The predicted octanol–water partition coefficient (Wildman–Crippen LogP) is 2.39. The number of hydrogen-bond donors (Lipinski definition) is 0. The molecule has 0 N–H and O–H groups in total. The van der Waals surface area contributed by atoms with Gasteiger partial charge in [-0.15, -0.1) is 34.8 Å². The lowest BCUT2D eigenvalue weighted by molar-refractivity contribution is -0.140. The lowest BCUT2D eigenvalue weighted by atomic mass is 10.2. The summed E-state index contributed by atoms with van der Waals surface area (Å²) < 4.78 is 4.41. The van der Waals surface area contributed by atoms with Crippen molar-refractivity contribution in [3.63, 3.8) is 0 Å². The Morgan fingerprint density at radius 1 is 1.42 bits per heavy atom. The number of carbonyl (C=O) groups is 1. The summed E-state index contributed by atoms with van der Waals surface area (Å²) in [5.74, 6) is -0.546. The Bertz CT molecular complexity index is 152. The number of esters is 1. The van der Waals surface area contributed by atoms with E-state index in [2.05, 4.69) is 4.74 Å². The third-order valence-electron chi connectivity index (χ3n) is 1.44. The molecule has 0 saturated carbocycles. The van der Waals surface area contributed by atoms with E-state index in [0.29, 0.717) is 6.42 Å². The van der Waals surface area contributed by atoms with Crippen LogP contribution in [0, 0.1) is 0 Å². The fourth-order valence-corrected chi connectivity index (χ4v) is 1.42. The number of ether oxygens (including phenoxy) is 1. The van der Waals surface area contributed by atoms with E-state index < -0.39 is 16.7 Å². The fourth-order valence-electron chi connectivity index (χ4n) is 0.651. The highest BCUT2D eigenvalue weighted by molar-refractivity contribution is 6.39. The summed E-state index contributed by atoms with van der Waals surface area (Å²) in [6.45, 7) is 1.87. The molecule has 0 aromatic carbocycles. The standard InChI is InChI=1S/C7H11Cl3O2/c1-3-4(8)5(9)6(10)7(11)12-2/h4-6H,3H2,1-2H3. The first-order chi connectivity index (χ1) is 5.54. The Balaban J connectivity index is 4.08. The number of methoxy groups -OCH3 is 1. The number of halogens is 3. The molecule has 12 heavy (non-hydrogen) atoms. The minimum atomic E-state index is -0.876. The van der Waals surface area contributed by atoms with E-state index in [1.807, 2.05) is 6.92 Å². The van der Waals surface area contributed by atoms with Crippen LogP contribution in [0.3, 0.4) is 0 Å². The molecular weight excluding hydrogens is 222 g/mol. The van der Waals surface area contributed by atoms with E-state index in [4.69, 9.17) is 34.8 Å². The molecule has 0 amide bonds. The second-order valence-electron chi connectivity index (χ2n) is 2.29. The second kappa shape index (κ2) is 5.90. The van der Waals surface area contributed by atoms with Gasteiger partial charge in [-0.25, -0.2) is 0 Å². The van der Waals surface area contributed by atoms with E-state index in [0.717, 1.165) is 0 Å². The predicted molar refractivity (Wildman–Crippen MR) is 51.2 cm³/mol. The first-order valence-corrected chi connectivity index (χ1v) is 4.85. The van der Waals surface area contributed by atoms with Gasteiger partial charge >= 0.3 is 5.97 Å². The van der Waals surface area contributed by atoms with Crippen molar-refractivity contribution in [2.45, 2.75) is 29.5 Å². The molecule has 5 heteroatoms. The molecule has 3 unspecified atom stereocenters. The van der Waals surface area contributed by atoms with Crippen LogP contribution in [0.2, 0.25) is 0 Å². The fraction of sp³-hybridized carbons (Fsp3) is 0.857. The van der Waals surface area contributed by atoms with Gasteiger partial charge in [0.1, 0.15) is 5.38 Å². The first-order valence-electron chi connectivity index (χ1n) is 3.54. The highest BCUT2D eigenvalue weighted by atomic mass is 35.5. The summed E-state index contributed by atoms with van der Waals surface area (Å²) in [6.07, 6.45) is 0.663. The monoisotopic (exact) mass is 232 g/mol. The molecule has 3 atom stereocenters. The van der Waals surface area contributed by atoms with Gasteiger partial charge in [-0.2, -0.15) is 0 Å². The Morgan fingerprint density at radius 3 is 2.25 bits per heavy atom. The smallest absolute Gasteiger partial charge is 0.325 e. The van der Waals surface area contributed by atoms with E-state index in [-0.39, 0.29) is 5.38 Å². The van der Waals surface area contributed by atoms with Gasteiger partial charge < -0.3 is 4.74 Å². The number of alkyl halides is 3. The zero-order chi connectivity index (χ0) is 9.72. The Hall–Kier alpha value is 0.340. The Labute approximate surface area is 87.1 Å². The molecular formula is C7H11Cl3O2. The molecule has 0 bridgehead atoms.